The predicted molar refractivity (Wildman–Crippen MR) is 112 cm³/mol. The Balaban J connectivity index is 1.47. The Morgan fingerprint density at radius 1 is 1.00 bits per heavy atom. The van der Waals surface area contributed by atoms with E-state index in [4.69, 9.17) is 23.2 Å². The minimum absolute atomic E-state index is 0.0398. The lowest BCUT2D eigenvalue weighted by atomic mass is 10.1. The highest BCUT2D eigenvalue weighted by molar-refractivity contribution is 6.42. The summed E-state index contributed by atoms with van der Waals surface area (Å²) in [7, 11) is 0. The maximum Gasteiger partial charge on any atom is 0.253 e. The highest BCUT2D eigenvalue weighted by Crippen LogP contribution is 2.25. The molecule has 1 atom stereocenters. The van der Waals surface area contributed by atoms with Gasteiger partial charge in [0.1, 0.15) is 0 Å². The number of hydrogen-bond donors (Lipinski definition) is 1. The number of piperazine rings is 1. The molecule has 2 amide bonds. The zero-order valence-electron chi connectivity index (χ0n) is 15.7. The molecule has 1 aliphatic rings. The summed E-state index contributed by atoms with van der Waals surface area (Å²) in [6.45, 7) is 4.79. The molecule has 0 aromatic heterocycles. The highest BCUT2D eigenvalue weighted by atomic mass is 35.5. The number of benzene rings is 2. The maximum absolute atomic E-state index is 12.5. The number of amides is 2. The molecule has 1 saturated heterocycles. The number of hydrogen-bond acceptors (Lipinski definition) is 3. The number of rotatable bonds is 5. The Morgan fingerprint density at radius 2 is 1.68 bits per heavy atom. The zero-order chi connectivity index (χ0) is 20.1. The van der Waals surface area contributed by atoms with Crippen LogP contribution in [0.5, 0.6) is 0 Å². The van der Waals surface area contributed by atoms with Crippen LogP contribution in [0.25, 0.3) is 0 Å². The van der Waals surface area contributed by atoms with Gasteiger partial charge in [-0.1, -0.05) is 47.5 Å². The van der Waals surface area contributed by atoms with Gasteiger partial charge in [0, 0.05) is 31.7 Å². The van der Waals surface area contributed by atoms with Crippen molar-refractivity contribution in [2.45, 2.75) is 13.0 Å². The zero-order valence-corrected chi connectivity index (χ0v) is 17.2. The van der Waals surface area contributed by atoms with Gasteiger partial charge in [-0.05, 0) is 36.8 Å². The first-order valence-electron chi connectivity index (χ1n) is 9.25. The molecule has 5 nitrogen and oxygen atoms in total. The first kappa shape index (κ1) is 20.6. The van der Waals surface area contributed by atoms with Crippen molar-refractivity contribution in [2.24, 2.45) is 0 Å². The molecule has 0 bridgehead atoms. The Kier molecular flexibility index (Phi) is 6.94. The smallest absolute Gasteiger partial charge is 0.253 e. The fourth-order valence-corrected chi connectivity index (χ4v) is 3.53. The van der Waals surface area contributed by atoms with Crippen LogP contribution < -0.4 is 5.32 Å². The van der Waals surface area contributed by atoms with E-state index in [9.17, 15) is 9.59 Å². The number of nitrogens with one attached hydrogen (secondary N) is 1. The molecule has 148 valence electrons. The van der Waals surface area contributed by atoms with Crippen molar-refractivity contribution in [3.63, 3.8) is 0 Å². The lowest BCUT2D eigenvalue weighted by Gasteiger charge is -2.34. The van der Waals surface area contributed by atoms with Crippen LogP contribution in [0.3, 0.4) is 0 Å². The summed E-state index contributed by atoms with van der Waals surface area (Å²) >= 11 is 12.0. The molecule has 3 rings (SSSR count). The van der Waals surface area contributed by atoms with Gasteiger partial charge >= 0.3 is 0 Å². The van der Waals surface area contributed by atoms with E-state index in [1.807, 2.05) is 48.2 Å². The fourth-order valence-electron chi connectivity index (χ4n) is 3.23. The van der Waals surface area contributed by atoms with Crippen LogP contribution in [0.2, 0.25) is 10.0 Å². The molecule has 0 aliphatic carbocycles. The monoisotopic (exact) mass is 419 g/mol. The summed E-state index contributed by atoms with van der Waals surface area (Å²) in [6.07, 6.45) is 0. The average Bonchev–Trinajstić information content (AvgIpc) is 2.70. The molecular weight excluding hydrogens is 397 g/mol. The van der Waals surface area contributed by atoms with Crippen LogP contribution in [0, 0.1) is 0 Å². The molecule has 0 saturated carbocycles. The minimum Gasteiger partial charge on any atom is -0.348 e. The molecule has 1 N–H and O–H groups in total. The third-order valence-electron chi connectivity index (χ3n) is 4.87. The van der Waals surface area contributed by atoms with Gasteiger partial charge in [0.2, 0.25) is 5.91 Å². The lowest BCUT2D eigenvalue weighted by Crippen LogP contribution is -2.51. The van der Waals surface area contributed by atoms with Gasteiger partial charge in [-0.3, -0.25) is 14.5 Å². The molecule has 7 heteroatoms. The summed E-state index contributed by atoms with van der Waals surface area (Å²) in [6, 6.07) is 14.5. The quantitative estimate of drug-likeness (QED) is 0.804. The van der Waals surface area contributed by atoms with Gasteiger partial charge in [-0.25, -0.2) is 0 Å². The molecule has 2 aromatic rings. The lowest BCUT2D eigenvalue weighted by molar-refractivity contribution is -0.123. The SMILES string of the molecule is C[C@H](NC(=O)CN1CCN(C(=O)c2ccccc2)CC1)c1ccc(Cl)c(Cl)c1. The topological polar surface area (TPSA) is 52.7 Å². The summed E-state index contributed by atoms with van der Waals surface area (Å²) in [4.78, 5) is 28.8. The molecule has 28 heavy (non-hydrogen) atoms. The Labute approximate surface area is 175 Å². The van der Waals surface area contributed by atoms with E-state index in [1.165, 1.54) is 0 Å². The number of nitrogens with zero attached hydrogens (tertiary/aromatic N) is 2. The standard InChI is InChI=1S/C21H23Cl2N3O2/c1-15(17-7-8-18(22)19(23)13-17)24-20(27)14-25-9-11-26(12-10-25)21(28)16-5-3-2-4-6-16/h2-8,13,15H,9-12,14H2,1H3,(H,24,27)/t15-/m0/s1. The van der Waals surface area contributed by atoms with Crippen molar-refractivity contribution in [2.75, 3.05) is 32.7 Å². The van der Waals surface area contributed by atoms with Gasteiger partial charge < -0.3 is 10.2 Å². The molecule has 1 fully saturated rings. The van der Waals surface area contributed by atoms with Crippen molar-refractivity contribution in [1.29, 1.82) is 0 Å². The third-order valence-corrected chi connectivity index (χ3v) is 5.61. The Morgan fingerprint density at radius 3 is 2.32 bits per heavy atom. The second-order valence-electron chi connectivity index (χ2n) is 6.90. The molecule has 1 heterocycles. The van der Waals surface area contributed by atoms with Gasteiger partial charge in [0.25, 0.3) is 5.91 Å². The summed E-state index contributed by atoms with van der Waals surface area (Å²) < 4.78 is 0. The molecule has 0 spiro atoms. The van der Waals surface area contributed by atoms with Crippen LogP contribution >= 0.6 is 23.2 Å². The maximum atomic E-state index is 12.5. The molecule has 2 aromatic carbocycles. The molecule has 0 unspecified atom stereocenters. The van der Waals surface area contributed by atoms with Crippen molar-refractivity contribution in [1.82, 2.24) is 15.1 Å². The van der Waals surface area contributed by atoms with Crippen molar-refractivity contribution in [3.05, 3.63) is 69.7 Å². The largest absolute Gasteiger partial charge is 0.348 e. The molecule has 0 radical (unpaired) electrons. The van der Waals surface area contributed by atoms with Crippen LogP contribution in [-0.4, -0.2) is 54.3 Å². The number of carbonyl (C=O) groups is 2. The van der Waals surface area contributed by atoms with E-state index in [1.54, 1.807) is 12.1 Å². The van der Waals surface area contributed by atoms with E-state index >= 15 is 0 Å². The van der Waals surface area contributed by atoms with E-state index in [0.29, 0.717) is 48.3 Å². The number of carbonyl (C=O) groups excluding carboxylic acids is 2. The minimum atomic E-state index is -0.164. The Hall–Kier alpha value is -2.08. The molecular formula is C21H23Cl2N3O2. The highest BCUT2D eigenvalue weighted by Gasteiger charge is 2.23. The van der Waals surface area contributed by atoms with Gasteiger partial charge in [0.15, 0.2) is 0 Å². The third kappa shape index (κ3) is 5.25. The Bertz CT molecular complexity index is 837. The van der Waals surface area contributed by atoms with Crippen LogP contribution in [0.15, 0.2) is 48.5 Å². The normalized spacial score (nSPS) is 15.9. The van der Waals surface area contributed by atoms with Crippen LogP contribution in [0.1, 0.15) is 28.9 Å². The fraction of sp³-hybridized carbons (Fsp3) is 0.333. The van der Waals surface area contributed by atoms with Gasteiger partial charge in [-0.15, -0.1) is 0 Å². The van der Waals surface area contributed by atoms with Crippen molar-refractivity contribution >= 4 is 35.0 Å². The van der Waals surface area contributed by atoms with E-state index in [0.717, 1.165) is 5.56 Å². The van der Waals surface area contributed by atoms with E-state index in [-0.39, 0.29) is 17.9 Å². The summed E-state index contributed by atoms with van der Waals surface area (Å²) in [5, 5.41) is 3.95. The second-order valence-corrected chi connectivity index (χ2v) is 7.71. The van der Waals surface area contributed by atoms with Crippen molar-refractivity contribution in [3.8, 4) is 0 Å². The van der Waals surface area contributed by atoms with E-state index in [2.05, 4.69) is 10.2 Å². The first-order chi connectivity index (χ1) is 13.4. The van der Waals surface area contributed by atoms with Gasteiger partial charge in [0.05, 0.1) is 22.6 Å². The van der Waals surface area contributed by atoms with Crippen LogP contribution in [0.4, 0.5) is 0 Å². The second kappa shape index (κ2) is 9.41. The molecule has 1 aliphatic heterocycles. The van der Waals surface area contributed by atoms with Crippen molar-refractivity contribution < 1.29 is 9.59 Å². The summed E-state index contributed by atoms with van der Waals surface area (Å²) in [5.74, 6) is -0.0145. The van der Waals surface area contributed by atoms with Gasteiger partial charge in [-0.2, -0.15) is 0 Å². The van der Waals surface area contributed by atoms with Crippen LogP contribution in [-0.2, 0) is 4.79 Å². The summed E-state index contributed by atoms with van der Waals surface area (Å²) in [5.41, 5.74) is 1.60. The van der Waals surface area contributed by atoms with E-state index < -0.39 is 0 Å². The first-order valence-corrected chi connectivity index (χ1v) is 10.0. The predicted octanol–water partition coefficient (Wildman–Crippen LogP) is 3.63. The number of halogens is 2. The average molecular weight is 420 g/mol.